The number of hydrogen-bond acceptors (Lipinski definition) is 7. The molecule has 3 N–H and O–H groups in total. The van der Waals surface area contributed by atoms with Crippen LogP contribution in [0, 0.1) is 0 Å². The molecule has 0 heterocycles. The van der Waals surface area contributed by atoms with E-state index in [4.69, 9.17) is 25.8 Å². The number of phenolic OH excluding ortho intramolecular Hbond substituents is 3. The molecule has 0 bridgehead atoms. The molecule has 0 atom stereocenters. The first-order chi connectivity index (χ1) is 14.8. The largest absolute Gasteiger partial charge is 0.508 e. The molecule has 0 spiro atoms. The molecule has 0 aliphatic carbocycles. The van der Waals surface area contributed by atoms with Gasteiger partial charge in [0.25, 0.3) is 0 Å². The number of halogens is 1. The highest BCUT2D eigenvalue weighted by Gasteiger charge is 2.23. The summed E-state index contributed by atoms with van der Waals surface area (Å²) >= 11 is 6.21. The second-order valence-electron chi connectivity index (χ2n) is 6.64. The SMILES string of the molecule is COC(=O)c1c(O)cc(O)c(Cl)c1CCc1ccc(O)cc1Oc1ccc(OC)cc1. The Kier molecular flexibility index (Phi) is 6.77. The third-order valence-electron chi connectivity index (χ3n) is 4.69. The van der Waals surface area contributed by atoms with E-state index in [2.05, 4.69) is 0 Å². The predicted molar refractivity (Wildman–Crippen MR) is 115 cm³/mol. The molecule has 8 heteroatoms. The zero-order valence-corrected chi connectivity index (χ0v) is 17.6. The van der Waals surface area contributed by atoms with Gasteiger partial charge in [0.1, 0.15) is 40.1 Å². The highest BCUT2D eigenvalue weighted by molar-refractivity contribution is 6.33. The van der Waals surface area contributed by atoms with Gasteiger partial charge in [0.15, 0.2) is 0 Å². The summed E-state index contributed by atoms with van der Waals surface area (Å²) in [6.45, 7) is 0. The van der Waals surface area contributed by atoms with E-state index >= 15 is 0 Å². The summed E-state index contributed by atoms with van der Waals surface area (Å²) in [5.74, 6) is 0.107. The number of aromatic hydroxyl groups is 3. The average Bonchev–Trinajstić information content (AvgIpc) is 2.76. The van der Waals surface area contributed by atoms with E-state index < -0.39 is 11.7 Å². The van der Waals surface area contributed by atoms with Gasteiger partial charge in [-0.05, 0) is 54.3 Å². The molecule has 31 heavy (non-hydrogen) atoms. The molecule has 0 aromatic heterocycles. The number of phenols is 3. The normalized spacial score (nSPS) is 10.5. The number of carbonyl (C=O) groups excluding carboxylic acids is 1. The van der Waals surface area contributed by atoms with Gasteiger partial charge in [-0.15, -0.1) is 0 Å². The maximum absolute atomic E-state index is 12.1. The van der Waals surface area contributed by atoms with Crippen molar-refractivity contribution in [3.8, 4) is 34.5 Å². The van der Waals surface area contributed by atoms with Gasteiger partial charge in [-0.1, -0.05) is 17.7 Å². The van der Waals surface area contributed by atoms with Crippen LogP contribution in [0.1, 0.15) is 21.5 Å². The van der Waals surface area contributed by atoms with Crippen LogP contribution >= 0.6 is 11.6 Å². The Morgan fingerprint density at radius 3 is 2.23 bits per heavy atom. The van der Waals surface area contributed by atoms with E-state index in [1.54, 1.807) is 37.4 Å². The molecule has 0 unspecified atom stereocenters. The number of rotatable bonds is 7. The molecule has 3 aromatic rings. The van der Waals surface area contributed by atoms with Crippen LogP contribution < -0.4 is 9.47 Å². The van der Waals surface area contributed by atoms with Crippen molar-refractivity contribution in [1.82, 2.24) is 0 Å². The molecule has 0 amide bonds. The molecule has 0 radical (unpaired) electrons. The Hall–Kier alpha value is -3.58. The fourth-order valence-electron chi connectivity index (χ4n) is 3.12. The maximum Gasteiger partial charge on any atom is 0.341 e. The van der Waals surface area contributed by atoms with Crippen LogP contribution in [0.2, 0.25) is 5.02 Å². The lowest BCUT2D eigenvalue weighted by Gasteiger charge is -2.15. The van der Waals surface area contributed by atoms with Gasteiger partial charge in [-0.2, -0.15) is 0 Å². The quantitative estimate of drug-likeness (QED) is 0.448. The number of benzene rings is 3. The summed E-state index contributed by atoms with van der Waals surface area (Å²) in [7, 11) is 2.75. The number of hydrogen-bond donors (Lipinski definition) is 3. The fourth-order valence-corrected chi connectivity index (χ4v) is 3.37. The molecule has 162 valence electrons. The molecule has 7 nitrogen and oxygen atoms in total. The lowest BCUT2D eigenvalue weighted by atomic mass is 9.97. The van der Waals surface area contributed by atoms with E-state index in [9.17, 15) is 20.1 Å². The number of ether oxygens (including phenoxy) is 3. The summed E-state index contributed by atoms with van der Waals surface area (Å²) in [5, 5.41) is 30.0. The van der Waals surface area contributed by atoms with Crippen LogP contribution in [0.3, 0.4) is 0 Å². The van der Waals surface area contributed by atoms with Crippen LogP contribution in [-0.4, -0.2) is 35.5 Å². The molecule has 3 rings (SSSR count). The highest BCUT2D eigenvalue weighted by atomic mass is 35.5. The van der Waals surface area contributed by atoms with Gasteiger partial charge >= 0.3 is 5.97 Å². The van der Waals surface area contributed by atoms with Crippen LogP contribution in [0.5, 0.6) is 34.5 Å². The van der Waals surface area contributed by atoms with Gasteiger partial charge in [-0.25, -0.2) is 4.79 Å². The van der Waals surface area contributed by atoms with E-state index in [0.717, 1.165) is 6.07 Å². The molecule has 0 aliphatic rings. The predicted octanol–water partition coefficient (Wildman–Crippen LogP) is 4.83. The maximum atomic E-state index is 12.1. The summed E-state index contributed by atoms with van der Waals surface area (Å²) < 4.78 is 15.8. The minimum Gasteiger partial charge on any atom is -0.508 e. The van der Waals surface area contributed by atoms with E-state index in [-0.39, 0.29) is 34.1 Å². The van der Waals surface area contributed by atoms with Crippen LogP contribution in [0.4, 0.5) is 0 Å². The van der Waals surface area contributed by atoms with E-state index in [1.165, 1.54) is 19.2 Å². The number of methoxy groups -OCH3 is 2. The molecule has 0 saturated heterocycles. The Bertz CT molecular complexity index is 1090. The van der Waals surface area contributed by atoms with Gasteiger partial charge < -0.3 is 29.5 Å². The first-order valence-electron chi connectivity index (χ1n) is 9.29. The molecule has 3 aromatic carbocycles. The summed E-state index contributed by atoms with van der Waals surface area (Å²) in [4.78, 5) is 12.1. The summed E-state index contributed by atoms with van der Waals surface area (Å²) in [6.07, 6.45) is 0.521. The number of carbonyl (C=O) groups is 1. The second kappa shape index (κ2) is 9.49. The molecule has 0 fully saturated rings. The van der Waals surface area contributed by atoms with Crippen LogP contribution in [-0.2, 0) is 17.6 Å². The lowest BCUT2D eigenvalue weighted by Crippen LogP contribution is -2.08. The van der Waals surface area contributed by atoms with Crippen molar-refractivity contribution in [2.45, 2.75) is 12.8 Å². The Labute approximate surface area is 184 Å². The van der Waals surface area contributed by atoms with Gasteiger partial charge in [-0.3, -0.25) is 0 Å². The average molecular weight is 445 g/mol. The third-order valence-corrected chi connectivity index (χ3v) is 5.11. The minimum atomic E-state index is -0.769. The summed E-state index contributed by atoms with van der Waals surface area (Å²) in [6, 6.07) is 12.6. The van der Waals surface area contributed by atoms with E-state index in [1.807, 2.05) is 0 Å². The first kappa shape index (κ1) is 22.1. The smallest absolute Gasteiger partial charge is 0.341 e. The molecular weight excluding hydrogens is 424 g/mol. The Morgan fingerprint density at radius 1 is 0.903 bits per heavy atom. The summed E-state index contributed by atoms with van der Waals surface area (Å²) in [5.41, 5.74) is 0.847. The lowest BCUT2D eigenvalue weighted by molar-refractivity contribution is 0.0596. The minimum absolute atomic E-state index is 0.0237. The van der Waals surface area contributed by atoms with Gasteiger partial charge in [0.2, 0.25) is 0 Å². The topological polar surface area (TPSA) is 105 Å². The zero-order valence-electron chi connectivity index (χ0n) is 16.9. The van der Waals surface area contributed by atoms with E-state index in [0.29, 0.717) is 29.2 Å². The van der Waals surface area contributed by atoms with Crippen molar-refractivity contribution in [2.24, 2.45) is 0 Å². The standard InChI is InChI=1S/C23H21ClO7/c1-29-15-6-8-16(9-7-15)31-20-11-14(25)5-3-13(20)4-10-17-21(23(28)30-2)18(26)12-19(27)22(17)24/h3,5-9,11-12,25-27H,4,10H2,1-2H3. The van der Waals surface area contributed by atoms with Crippen molar-refractivity contribution >= 4 is 17.6 Å². The van der Waals surface area contributed by atoms with Crippen molar-refractivity contribution in [3.63, 3.8) is 0 Å². The number of esters is 1. The number of aryl methyl sites for hydroxylation is 1. The Balaban J connectivity index is 1.91. The molecular formula is C23H21ClO7. The second-order valence-corrected chi connectivity index (χ2v) is 7.02. The van der Waals surface area contributed by atoms with Crippen molar-refractivity contribution < 1.29 is 34.3 Å². The zero-order chi connectivity index (χ0) is 22.5. The van der Waals surface area contributed by atoms with Gasteiger partial charge in [0.05, 0.1) is 19.2 Å². The van der Waals surface area contributed by atoms with Gasteiger partial charge in [0, 0.05) is 12.1 Å². The third kappa shape index (κ3) is 4.95. The van der Waals surface area contributed by atoms with Crippen molar-refractivity contribution in [1.29, 1.82) is 0 Å². The molecule has 0 aliphatic heterocycles. The molecule has 0 saturated carbocycles. The van der Waals surface area contributed by atoms with Crippen molar-refractivity contribution in [2.75, 3.05) is 14.2 Å². The first-order valence-corrected chi connectivity index (χ1v) is 9.67. The monoisotopic (exact) mass is 444 g/mol. The fraction of sp³-hybridized carbons (Fsp3) is 0.174. The Morgan fingerprint density at radius 2 is 1.58 bits per heavy atom. The van der Waals surface area contributed by atoms with Crippen LogP contribution in [0.25, 0.3) is 0 Å². The van der Waals surface area contributed by atoms with Crippen molar-refractivity contribution in [3.05, 3.63) is 70.2 Å². The van der Waals surface area contributed by atoms with Crippen LogP contribution in [0.15, 0.2) is 48.5 Å². The highest BCUT2D eigenvalue weighted by Crippen LogP contribution is 2.38.